The third-order valence-electron chi connectivity index (χ3n) is 2.23. The number of amides is 2. The van der Waals surface area contributed by atoms with Crippen LogP contribution in [-0.2, 0) is 4.79 Å². The van der Waals surface area contributed by atoms with Gasteiger partial charge in [-0.25, -0.2) is 9.59 Å². The number of hydrogen-bond acceptors (Lipinski definition) is 2. The van der Waals surface area contributed by atoms with Crippen molar-refractivity contribution < 1.29 is 14.7 Å². The maximum atomic E-state index is 11.8. The van der Waals surface area contributed by atoms with Crippen molar-refractivity contribution in [2.75, 3.05) is 13.6 Å². The molecule has 0 saturated carbocycles. The topological polar surface area (TPSA) is 69.6 Å². The van der Waals surface area contributed by atoms with E-state index >= 15 is 0 Å². The molecule has 0 aliphatic rings. The molecule has 0 heterocycles. The fourth-order valence-electron chi connectivity index (χ4n) is 1.59. The van der Waals surface area contributed by atoms with Gasteiger partial charge in [0.15, 0.2) is 0 Å². The second kappa shape index (κ2) is 6.47. The van der Waals surface area contributed by atoms with Crippen LogP contribution < -0.4 is 5.32 Å². The molecular weight excluding hydrogens is 220 g/mol. The van der Waals surface area contributed by atoms with Gasteiger partial charge < -0.3 is 15.3 Å². The Kier molecular flexibility index (Phi) is 5.99. The average molecular weight is 244 g/mol. The van der Waals surface area contributed by atoms with Gasteiger partial charge in [0.2, 0.25) is 0 Å². The van der Waals surface area contributed by atoms with Crippen molar-refractivity contribution in [2.24, 2.45) is 5.41 Å². The summed E-state index contributed by atoms with van der Waals surface area (Å²) >= 11 is 0. The molecule has 2 N–H and O–H groups in total. The van der Waals surface area contributed by atoms with E-state index in [1.165, 1.54) is 4.90 Å². The Bertz CT molecular complexity index is 271. The first-order valence-electron chi connectivity index (χ1n) is 5.92. The summed E-state index contributed by atoms with van der Waals surface area (Å²) in [6, 6.07) is -1.13. The second-order valence-electron chi connectivity index (χ2n) is 5.55. The molecule has 5 heteroatoms. The quantitative estimate of drug-likeness (QED) is 0.776. The van der Waals surface area contributed by atoms with Crippen LogP contribution in [0.25, 0.3) is 0 Å². The summed E-state index contributed by atoms with van der Waals surface area (Å²) in [4.78, 5) is 24.2. The van der Waals surface area contributed by atoms with Crippen molar-refractivity contribution in [1.82, 2.24) is 10.2 Å². The van der Waals surface area contributed by atoms with Crippen LogP contribution in [0.3, 0.4) is 0 Å². The van der Waals surface area contributed by atoms with Gasteiger partial charge in [-0.1, -0.05) is 34.1 Å². The maximum absolute atomic E-state index is 11.8. The van der Waals surface area contributed by atoms with Crippen LogP contribution in [0, 0.1) is 5.41 Å². The molecule has 0 unspecified atom stereocenters. The predicted octanol–water partition coefficient (Wildman–Crippen LogP) is 1.93. The summed E-state index contributed by atoms with van der Waals surface area (Å²) in [5, 5.41) is 11.5. The van der Waals surface area contributed by atoms with Crippen LogP contribution in [0.1, 0.15) is 40.5 Å². The summed E-state index contributed by atoms with van der Waals surface area (Å²) in [5.41, 5.74) is -0.00440. The Hall–Kier alpha value is -1.26. The van der Waals surface area contributed by atoms with E-state index in [9.17, 15) is 9.59 Å². The number of nitrogens with one attached hydrogen (secondary N) is 1. The third kappa shape index (κ3) is 6.81. The number of nitrogens with zero attached hydrogens (tertiary/aromatic N) is 1. The standard InChI is InChI=1S/C12H24N2O3/c1-6-7-9(10(15)16)13-11(17)14(5)8-12(2,3)4/h9H,6-8H2,1-5H3,(H,13,17)(H,15,16)/t9-/m0/s1. The zero-order valence-electron chi connectivity index (χ0n) is 11.4. The molecule has 0 bridgehead atoms. The molecule has 100 valence electrons. The fraction of sp³-hybridized carbons (Fsp3) is 0.833. The lowest BCUT2D eigenvalue weighted by Gasteiger charge is -2.27. The van der Waals surface area contributed by atoms with Crippen molar-refractivity contribution in [3.63, 3.8) is 0 Å². The molecule has 0 spiro atoms. The van der Waals surface area contributed by atoms with Crippen LogP contribution >= 0.6 is 0 Å². The van der Waals surface area contributed by atoms with Gasteiger partial charge in [-0.2, -0.15) is 0 Å². The average Bonchev–Trinajstić information content (AvgIpc) is 2.13. The van der Waals surface area contributed by atoms with Crippen molar-refractivity contribution in [3.8, 4) is 0 Å². The predicted molar refractivity (Wildman–Crippen MR) is 66.9 cm³/mol. The van der Waals surface area contributed by atoms with Gasteiger partial charge in [0.05, 0.1) is 0 Å². The Morgan fingerprint density at radius 3 is 2.24 bits per heavy atom. The smallest absolute Gasteiger partial charge is 0.326 e. The van der Waals surface area contributed by atoms with E-state index in [0.29, 0.717) is 13.0 Å². The van der Waals surface area contributed by atoms with Gasteiger partial charge in [0.25, 0.3) is 0 Å². The Morgan fingerprint density at radius 1 is 1.35 bits per heavy atom. The minimum atomic E-state index is -0.982. The van der Waals surface area contributed by atoms with E-state index in [0.717, 1.165) is 6.42 Å². The molecule has 0 aliphatic heterocycles. The van der Waals surface area contributed by atoms with Crippen molar-refractivity contribution in [1.29, 1.82) is 0 Å². The number of urea groups is 1. The first-order chi connectivity index (χ1) is 7.67. The summed E-state index contributed by atoms with van der Waals surface area (Å²) in [5.74, 6) is -0.982. The zero-order chi connectivity index (χ0) is 13.6. The highest BCUT2D eigenvalue weighted by Gasteiger charge is 2.23. The molecule has 2 amide bonds. The molecule has 5 nitrogen and oxygen atoms in total. The minimum absolute atomic E-state index is 0.00440. The van der Waals surface area contributed by atoms with Gasteiger partial charge in [0.1, 0.15) is 6.04 Å². The first kappa shape index (κ1) is 15.7. The van der Waals surface area contributed by atoms with Crippen LogP contribution in [0.15, 0.2) is 0 Å². The molecule has 0 aromatic heterocycles. The van der Waals surface area contributed by atoms with Gasteiger partial charge in [-0.3, -0.25) is 0 Å². The number of carbonyl (C=O) groups is 2. The first-order valence-corrected chi connectivity index (χ1v) is 5.92. The zero-order valence-corrected chi connectivity index (χ0v) is 11.4. The van der Waals surface area contributed by atoms with E-state index in [1.54, 1.807) is 7.05 Å². The largest absolute Gasteiger partial charge is 0.480 e. The molecule has 0 aliphatic carbocycles. The van der Waals surface area contributed by atoms with Crippen LogP contribution in [0.4, 0.5) is 4.79 Å². The van der Waals surface area contributed by atoms with Crippen molar-refractivity contribution in [2.45, 2.75) is 46.6 Å². The second-order valence-corrected chi connectivity index (χ2v) is 5.55. The number of hydrogen-bond donors (Lipinski definition) is 2. The van der Waals surface area contributed by atoms with E-state index in [4.69, 9.17) is 5.11 Å². The fourth-order valence-corrected chi connectivity index (χ4v) is 1.59. The molecule has 0 radical (unpaired) electrons. The molecule has 0 aromatic rings. The van der Waals surface area contributed by atoms with E-state index in [1.807, 2.05) is 27.7 Å². The molecule has 17 heavy (non-hydrogen) atoms. The number of carbonyl (C=O) groups excluding carboxylic acids is 1. The molecule has 0 fully saturated rings. The van der Waals surface area contributed by atoms with E-state index in [-0.39, 0.29) is 11.4 Å². The van der Waals surface area contributed by atoms with Crippen molar-refractivity contribution >= 4 is 12.0 Å². The van der Waals surface area contributed by atoms with Crippen LogP contribution in [0.5, 0.6) is 0 Å². The third-order valence-corrected chi connectivity index (χ3v) is 2.23. The van der Waals surface area contributed by atoms with Crippen LogP contribution in [0.2, 0.25) is 0 Å². The molecular formula is C12H24N2O3. The van der Waals surface area contributed by atoms with Gasteiger partial charge in [-0.15, -0.1) is 0 Å². The van der Waals surface area contributed by atoms with E-state index in [2.05, 4.69) is 5.32 Å². The van der Waals surface area contributed by atoms with Gasteiger partial charge in [-0.05, 0) is 11.8 Å². The summed E-state index contributed by atoms with van der Waals surface area (Å²) in [6.07, 6.45) is 1.17. The summed E-state index contributed by atoms with van der Waals surface area (Å²) in [6.45, 7) is 8.55. The van der Waals surface area contributed by atoms with Gasteiger partial charge >= 0.3 is 12.0 Å². The highest BCUT2D eigenvalue weighted by molar-refractivity contribution is 5.82. The summed E-state index contributed by atoms with van der Waals surface area (Å²) in [7, 11) is 1.67. The number of aliphatic carboxylic acids is 1. The monoisotopic (exact) mass is 244 g/mol. The number of carboxylic acids is 1. The van der Waals surface area contributed by atoms with Crippen LogP contribution in [-0.4, -0.2) is 41.6 Å². The molecule has 0 rings (SSSR count). The Balaban J connectivity index is 4.35. The maximum Gasteiger partial charge on any atom is 0.326 e. The van der Waals surface area contributed by atoms with Crippen molar-refractivity contribution in [3.05, 3.63) is 0 Å². The normalized spacial score (nSPS) is 13.0. The van der Waals surface area contributed by atoms with E-state index < -0.39 is 12.0 Å². The lowest BCUT2D eigenvalue weighted by atomic mass is 9.96. The molecule has 1 atom stereocenters. The molecule has 0 saturated heterocycles. The lowest BCUT2D eigenvalue weighted by molar-refractivity contribution is -0.139. The molecule has 0 aromatic carbocycles. The number of rotatable bonds is 5. The Labute approximate surface area is 103 Å². The lowest BCUT2D eigenvalue weighted by Crippen LogP contribution is -2.48. The highest BCUT2D eigenvalue weighted by Crippen LogP contribution is 2.14. The van der Waals surface area contributed by atoms with Gasteiger partial charge in [0, 0.05) is 13.6 Å². The summed E-state index contributed by atoms with van der Waals surface area (Å²) < 4.78 is 0. The SMILES string of the molecule is CCC[C@H](NC(=O)N(C)CC(C)(C)C)C(=O)O. The minimum Gasteiger partial charge on any atom is -0.480 e. The number of carboxylic acid groups (broad SMARTS) is 1. The highest BCUT2D eigenvalue weighted by atomic mass is 16.4. The Morgan fingerprint density at radius 2 is 1.88 bits per heavy atom.